The van der Waals surface area contributed by atoms with Crippen LogP contribution in [0.25, 0.3) is 11.3 Å². The van der Waals surface area contributed by atoms with Gasteiger partial charge in [0.05, 0.1) is 11.9 Å². The van der Waals surface area contributed by atoms with Crippen molar-refractivity contribution in [2.75, 3.05) is 5.32 Å². The predicted molar refractivity (Wildman–Crippen MR) is 85.3 cm³/mol. The summed E-state index contributed by atoms with van der Waals surface area (Å²) in [7, 11) is 0. The van der Waals surface area contributed by atoms with E-state index in [9.17, 15) is 9.18 Å². The lowest BCUT2D eigenvalue weighted by Gasteiger charge is -2.04. The third kappa shape index (κ3) is 3.83. The van der Waals surface area contributed by atoms with Crippen LogP contribution >= 0.6 is 0 Å². The number of rotatable bonds is 5. The summed E-state index contributed by atoms with van der Waals surface area (Å²) < 4.78 is 19.1. The van der Waals surface area contributed by atoms with Gasteiger partial charge in [0.25, 0.3) is 0 Å². The first kappa shape index (κ1) is 15.0. The molecule has 1 heterocycles. The average molecular weight is 310 g/mol. The fourth-order valence-electron chi connectivity index (χ4n) is 2.16. The van der Waals surface area contributed by atoms with Crippen LogP contribution in [0.15, 0.2) is 65.2 Å². The van der Waals surface area contributed by atoms with Gasteiger partial charge in [-0.2, -0.15) is 0 Å². The molecule has 2 aromatic carbocycles. The number of nitrogens with zero attached hydrogens (tertiary/aromatic N) is 1. The van der Waals surface area contributed by atoms with Crippen molar-refractivity contribution in [3.63, 3.8) is 0 Å². The van der Waals surface area contributed by atoms with E-state index in [2.05, 4.69) is 10.3 Å². The number of amides is 1. The number of para-hydroxylation sites is 1. The van der Waals surface area contributed by atoms with Crippen molar-refractivity contribution in [1.82, 2.24) is 4.98 Å². The van der Waals surface area contributed by atoms with Crippen LogP contribution in [-0.4, -0.2) is 10.9 Å². The van der Waals surface area contributed by atoms with Gasteiger partial charge in [0.2, 0.25) is 5.91 Å². The topological polar surface area (TPSA) is 55.1 Å². The van der Waals surface area contributed by atoms with E-state index in [1.165, 1.54) is 12.1 Å². The summed E-state index contributed by atoms with van der Waals surface area (Å²) in [6, 6.07) is 15.7. The minimum atomic E-state index is -0.455. The number of aryl methyl sites for hydroxylation is 1. The third-order valence-electron chi connectivity index (χ3n) is 3.33. The Labute approximate surface area is 133 Å². The van der Waals surface area contributed by atoms with Crippen molar-refractivity contribution >= 4 is 11.6 Å². The Balaban J connectivity index is 1.58. The maximum absolute atomic E-state index is 13.5. The molecule has 3 rings (SSSR count). The van der Waals surface area contributed by atoms with Crippen LogP contribution in [0.2, 0.25) is 0 Å². The van der Waals surface area contributed by atoms with Crippen LogP contribution < -0.4 is 5.32 Å². The molecular weight excluding hydrogens is 295 g/mol. The van der Waals surface area contributed by atoms with Crippen LogP contribution in [0, 0.1) is 5.82 Å². The van der Waals surface area contributed by atoms with Gasteiger partial charge in [-0.25, -0.2) is 9.37 Å². The Hall–Kier alpha value is -2.95. The van der Waals surface area contributed by atoms with E-state index in [0.29, 0.717) is 18.1 Å². The molecule has 0 unspecified atom stereocenters. The molecule has 1 N–H and O–H groups in total. The van der Waals surface area contributed by atoms with Gasteiger partial charge >= 0.3 is 0 Å². The number of hydrogen-bond donors (Lipinski definition) is 1. The lowest BCUT2D eigenvalue weighted by atomic mass is 10.2. The Bertz CT molecular complexity index is 800. The maximum Gasteiger partial charge on any atom is 0.224 e. The predicted octanol–water partition coefficient (Wildman–Crippen LogP) is 4.05. The van der Waals surface area contributed by atoms with Gasteiger partial charge in [0, 0.05) is 18.4 Å². The molecule has 0 aliphatic rings. The molecule has 5 heteroatoms. The molecule has 3 aromatic rings. The Morgan fingerprint density at radius 1 is 1.09 bits per heavy atom. The second-order valence-electron chi connectivity index (χ2n) is 5.01. The molecule has 0 saturated heterocycles. The van der Waals surface area contributed by atoms with Gasteiger partial charge < -0.3 is 9.73 Å². The first-order chi connectivity index (χ1) is 11.2. The monoisotopic (exact) mass is 310 g/mol. The minimum Gasteiger partial charge on any atom is -0.441 e. The third-order valence-corrected chi connectivity index (χ3v) is 3.33. The standard InChI is InChI=1S/C18H15FN2O2/c19-14-8-4-5-9-15(14)21-17(22)10-11-18-20-12-16(23-18)13-6-2-1-3-7-13/h1-9,12H,10-11H2,(H,21,22). The first-order valence-corrected chi connectivity index (χ1v) is 7.27. The van der Waals surface area contributed by atoms with E-state index < -0.39 is 5.82 Å². The van der Waals surface area contributed by atoms with Crippen LogP contribution in [-0.2, 0) is 11.2 Å². The molecule has 1 amide bonds. The quantitative estimate of drug-likeness (QED) is 0.773. The van der Waals surface area contributed by atoms with Crippen LogP contribution in [0.5, 0.6) is 0 Å². The molecule has 0 atom stereocenters. The Morgan fingerprint density at radius 3 is 2.61 bits per heavy atom. The van der Waals surface area contributed by atoms with E-state index in [0.717, 1.165) is 5.56 Å². The maximum atomic E-state index is 13.5. The number of carbonyl (C=O) groups excluding carboxylic acids is 1. The molecular formula is C18H15FN2O2. The molecule has 0 radical (unpaired) electrons. The van der Waals surface area contributed by atoms with E-state index in [1.807, 2.05) is 30.3 Å². The lowest BCUT2D eigenvalue weighted by molar-refractivity contribution is -0.116. The van der Waals surface area contributed by atoms with E-state index in [4.69, 9.17) is 4.42 Å². The highest BCUT2D eigenvalue weighted by Gasteiger charge is 2.10. The van der Waals surface area contributed by atoms with Gasteiger partial charge in [0.1, 0.15) is 5.82 Å². The fraction of sp³-hybridized carbons (Fsp3) is 0.111. The summed E-state index contributed by atoms with van der Waals surface area (Å²) in [5.41, 5.74) is 1.11. The number of oxazole rings is 1. The SMILES string of the molecule is O=C(CCc1ncc(-c2ccccc2)o1)Nc1ccccc1F. The van der Waals surface area contributed by atoms with Crippen LogP contribution in [0.3, 0.4) is 0 Å². The molecule has 0 bridgehead atoms. The number of carbonyl (C=O) groups is 1. The zero-order valence-electron chi connectivity index (χ0n) is 12.3. The van der Waals surface area contributed by atoms with Crippen molar-refractivity contribution in [2.24, 2.45) is 0 Å². The zero-order chi connectivity index (χ0) is 16.1. The van der Waals surface area contributed by atoms with Crippen molar-refractivity contribution in [2.45, 2.75) is 12.8 Å². The Kier molecular flexibility index (Phi) is 4.47. The molecule has 0 spiro atoms. The number of benzene rings is 2. The van der Waals surface area contributed by atoms with Gasteiger partial charge in [-0.3, -0.25) is 4.79 Å². The van der Waals surface area contributed by atoms with Crippen LogP contribution in [0.4, 0.5) is 10.1 Å². The van der Waals surface area contributed by atoms with Crippen molar-refractivity contribution < 1.29 is 13.6 Å². The molecule has 0 aliphatic carbocycles. The van der Waals surface area contributed by atoms with Gasteiger partial charge in [-0.1, -0.05) is 42.5 Å². The summed E-state index contributed by atoms with van der Waals surface area (Å²) >= 11 is 0. The number of anilines is 1. The number of nitrogens with one attached hydrogen (secondary N) is 1. The molecule has 0 saturated carbocycles. The fourth-order valence-corrected chi connectivity index (χ4v) is 2.16. The van der Waals surface area contributed by atoms with Gasteiger partial charge in [-0.05, 0) is 12.1 Å². The first-order valence-electron chi connectivity index (χ1n) is 7.27. The highest BCUT2D eigenvalue weighted by atomic mass is 19.1. The van der Waals surface area contributed by atoms with Gasteiger partial charge in [-0.15, -0.1) is 0 Å². The summed E-state index contributed by atoms with van der Waals surface area (Å²) in [4.78, 5) is 16.0. The second kappa shape index (κ2) is 6.87. The van der Waals surface area contributed by atoms with Crippen molar-refractivity contribution in [1.29, 1.82) is 0 Å². The van der Waals surface area contributed by atoms with Crippen molar-refractivity contribution in [3.8, 4) is 11.3 Å². The van der Waals surface area contributed by atoms with Gasteiger partial charge in [0.15, 0.2) is 11.7 Å². The smallest absolute Gasteiger partial charge is 0.224 e. The summed E-state index contributed by atoms with van der Waals surface area (Å²) in [5.74, 6) is 0.403. The Morgan fingerprint density at radius 2 is 1.83 bits per heavy atom. The zero-order valence-corrected chi connectivity index (χ0v) is 12.3. The van der Waals surface area contributed by atoms with Crippen molar-refractivity contribution in [3.05, 3.63) is 72.5 Å². The largest absolute Gasteiger partial charge is 0.441 e. The normalized spacial score (nSPS) is 10.5. The second-order valence-corrected chi connectivity index (χ2v) is 5.01. The molecule has 0 aliphatic heterocycles. The summed E-state index contributed by atoms with van der Waals surface area (Å²) in [6.07, 6.45) is 2.16. The molecule has 116 valence electrons. The number of aromatic nitrogens is 1. The summed E-state index contributed by atoms with van der Waals surface area (Å²) in [5, 5.41) is 2.54. The number of halogens is 1. The highest BCUT2D eigenvalue weighted by molar-refractivity contribution is 5.90. The molecule has 1 aromatic heterocycles. The molecule has 23 heavy (non-hydrogen) atoms. The minimum absolute atomic E-state index is 0.170. The molecule has 0 fully saturated rings. The van der Waals surface area contributed by atoms with E-state index in [-0.39, 0.29) is 18.0 Å². The number of hydrogen-bond acceptors (Lipinski definition) is 3. The van der Waals surface area contributed by atoms with Crippen LogP contribution in [0.1, 0.15) is 12.3 Å². The highest BCUT2D eigenvalue weighted by Crippen LogP contribution is 2.20. The lowest BCUT2D eigenvalue weighted by Crippen LogP contribution is -2.13. The van der Waals surface area contributed by atoms with E-state index in [1.54, 1.807) is 18.3 Å². The summed E-state index contributed by atoms with van der Waals surface area (Å²) in [6.45, 7) is 0. The molecule has 4 nitrogen and oxygen atoms in total. The van der Waals surface area contributed by atoms with E-state index >= 15 is 0 Å². The average Bonchev–Trinajstić information content (AvgIpc) is 3.05.